The summed E-state index contributed by atoms with van der Waals surface area (Å²) in [4.78, 5) is 0. The second kappa shape index (κ2) is 7.33. The highest BCUT2D eigenvalue weighted by Gasteiger charge is 2.19. The number of rotatable bonds is 7. The summed E-state index contributed by atoms with van der Waals surface area (Å²) in [6, 6.07) is 2.61. The van der Waals surface area contributed by atoms with E-state index in [-0.39, 0.29) is 5.56 Å². The Kier molecular flexibility index (Phi) is 6.08. The highest BCUT2D eigenvalue weighted by Crippen LogP contribution is 2.24. The predicted octanol–water partition coefficient (Wildman–Crippen LogP) is 2.44. The van der Waals surface area contributed by atoms with Crippen molar-refractivity contribution in [2.75, 3.05) is 0 Å². The summed E-state index contributed by atoms with van der Waals surface area (Å²) in [7, 11) is -2.16. The lowest BCUT2D eigenvalue weighted by molar-refractivity contribution is 0.279. The summed E-state index contributed by atoms with van der Waals surface area (Å²) in [6.45, 7) is 2.08. The van der Waals surface area contributed by atoms with Gasteiger partial charge in [-0.3, -0.25) is 0 Å². The first-order valence-corrected chi connectivity index (χ1v) is 6.06. The molecule has 0 atom stereocenters. The topological polar surface area (TPSA) is 49.7 Å². The van der Waals surface area contributed by atoms with Crippen molar-refractivity contribution >= 4 is 7.32 Å². The highest BCUT2D eigenvalue weighted by atomic mass is 19.2. The molecule has 0 aliphatic heterocycles. The third-order valence-electron chi connectivity index (χ3n) is 2.66. The van der Waals surface area contributed by atoms with Gasteiger partial charge in [-0.2, -0.15) is 4.39 Å². The summed E-state index contributed by atoms with van der Waals surface area (Å²) in [5.74, 6) is -2.67. The standard InChI is InChI=1S/C12H17BF2O3/c1-2-3-4-5-6-9-7-8-10(18-13(16)17)12(15)11(9)14/h7-8,16-17H,2-6H2,1H3. The van der Waals surface area contributed by atoms with Crippen molar-refractivity contribution in [3.63, 3.8) is 0 Å². The number of aryl methyl sites for hydroxylation is 1. The fourth-order valence-electron chi connectivity index (χ4n) is 1.71. The van der Waals surface area contributed by atoms with Crippen LogP contribution in [0.15, 0.2) is 12.1 Å². The molecule has 0 saturated carbocycles. The van der Waals surface area contributed by atoms with Crippen molar-refractivity contribution in [3.05, 3.63) is 29.3 Å². The molecule has 0 saturated heterocycles. The van der Waals surface area contributed by atoms with Crippen LogP contribution in [0.25, 0.3) is 0 Å². The smallest absolute Gasteiger partial charge is 0.509 e. The van der Waals surface area contributed by atoms with Crippen molar-refractivity contribution in [1.82, 2.24) is 0 Å². The average Bonchev–Trinajstić information content (AvgIpc) is 2.32. The molecule has 0 unspecified atom stereocenters. The number of benzene rings is 1. The molecule has 0 bridgehead atoms. The molecule has 1 aromatic rings. The first-order valence-electron chi connectivity index (χ1n) is 6.06. The summed E-state index contributed by atoms with van der Waals surface area (Å²) in [5, 5.41) is 17.1. The van der Waals surface area contributed by atoms with E-state index < -0.39 is 24.7 Å². The summed E-state index contributed by atoms with van der Waals surface area (Å²) >= 11 is 0. The fraction of sp³-hybridized carbons (Fsp3) is 0.500. The first kappa shape index (κ1) is 14.9. The summed E-state index contributed by atoms with van der Waals surface area (Å²) < 4.78 is 31.4. The zero-order valence-corrected chi connectivity index (χ0v) is 10.3. The van der Waals surface area contributed by atoms with Crippen molar-refractivity contribution in [2.24, 2.45) is 0 Å². The van der Waals surface area contributed by atoms with E-state index >= 15 is 0 Å². The predicted molar refractivity (Wildman–Crippen MR) is 65.0 cm³/mol. The van der Waals surface area contributed by atoms with Crippen LogP contribution in [0.3, 0.4) is 0 Å². The zero-order valence-electron chi connectivity index (χ0n) is 10.3. The minimum absolute atomic E-state index is 0.281. The SMILES string of the molecule is CCCCCCc1ccc(OB(O)O)c(F)c1F. The van der Waals surface area contributed by atoms with Gasteiger partial charge in [0, 0.05) is 0 Å². The van der Waals surface area contributed by atoms with Crippen LogP contribution in [-0.4, -0.2) is 17.4 Å². The molecule has 1 aromatic carbocycles. The minimum atomic E-state index is -2.16. The summed E-state index contributed by atoms with van der Waals surface area (Å²) in [5.41, 5.74) is 0.281. The van der Waals surface area contributed by atoms with Gasteiger partial charge in [-0.25, -0.2) is 4.39 Å². The Morgan fingerprint density at radius 2 is 1.83 bits per heavy atom. The van der Waals surface area contributed by atoms with Crippen LogP contribution < -0.4 is 4.65 Å². The molecule has 18 heavy (non-hydrogen) atoms. The van der Waals surface area contributed by atoms with Gasteiger partial charge >= 0.3 is 7.32 Å². The monoisotopic (exact) mass is 258 g/mol. The van der Waals surface area contributed by atoms with E-state index in [1.165, 1.54) is 12.1 Å². The third kappa shape index (κ3) is 4.27. The molecule has 6 heteroatoms. The van der Waals surface area contributed by atoms with E-state index in [1.54, 1.807) is 0 Å². The Labute approximate surface area is 106 Å². The Morgan fingerprint density at radius 3 is 2.44 bits per heavy atom. The van der Waals surface area contributed by atoms with Gasteiger partial charge in [-0.1, -0.05) is 32.3 Å². The first-order chi connectivity index (χ1) is 8.56. The summed E-state index contributed by atoms with van der Waals surface area (Å²) in [6.07, 6.45) is 4.39. The van der Waals surface area contributed by atoms with Crippen molar-refractivity contribution in [1.29, 1.82) is 0 Å². The Hall–Kier alpha value is -1.14. The normalized spacial score (nSPS) is 10.5. The molecule has 2 N–H and O–H groups in total. The molecule has 1 rings (SSSR count). The number of hydrogen-bond donors (Lipinski definition) is 2. The highest BCUT2D eigenvalue weighted by molar-refractivity contribution is 6.33. The van der Waals surface area contributed by atoms with Gasteiger partial charge in [-0.15, -0.1) is 0 Å². The lowest BCUT2D eigenvalue weighted by Gasteiger charge is -2.09. The van der Waals surface area contributed by atoms with E-state index in [1.807, 2.05) is 0 Å². The van der Waals surface area contributed by atoms with Gasteiger partial charge in [0.15, 0.2) is 11.6 Å². The van der Waals surface area contributed by atoms with E-state index in [2.05, 4.69) is 11.6 Å². The molecule has 3 nitrogen and oxygen atoms in total. The van der Waals surface area contributed by atoms with Crippen LogP contribution in [-0.2, 0) is 6.42 Å². The van der Waals surface area contributed by atoms with Crippen LogP contribution in [0.2, 0.25) is 0 Å². The molecule has 0 heterocycles. The number of halogens is 2. The molecule has 0 aliphatic carbocycles. The van der Waals surface area contributed by atoms with Gasteiger partial charge in [0.05, 0.1) is 0 Å². The van der Waals surface area contributed by atoms with Gasteiger partial charge in [0.1, 0.15) is 5.75 Å². The maximum absolute atomic E-state index is 13.6. The van der Waals surface area contributed by atoms with Crippen LogP contribution in [0.1, 0.15) is 38.2 Å². The van der Waals surface area contributed by atoms with Crippen LogP contribution in [0, 0.1) is 11.6 Å². The van der Waals surface area contributed by atoms with E-state index in [4.69, 9.17) is 10.0 Å². The molecule has 0 fully saturated rings. The molecule has 0 amide bonds. The number of unbranched alkanes of at least 4 members (excludes halogenated alkanes) is 3. The lowest BCUT2D eigenvalue weighted by Crippen LogP contribution is -2.21. The maximum Gasteiger partial charge on any atom is 0.707 e. The van der Waals surface area contributed by atoms with E-state index in [9.17, 15) is 8.78 Å². The lowest BCUT2D eigenvalue weighted by atomic mass is 10.0. The second-order valence-corrected chi connectivity index (χ2v) is 4.11. The maximum atomic E-state index is 13.6. The van der Waals surface area contributed by atoms with Gasteiger partial charge in [0.25, 0.3) is 0 Å². The molecule has 0 radical (unpaired) electrons. The van der Waals surface area contributed by atoms with Gasteiger partial charge in [0.2, 0.25) is 0 Å². The van der Waals surface area contributed by atoms with Crippen molar-refractivity contribution < 1.29 is 23.5 Å². The van der Waals surface area contributed by atoms with Gasteiger partial charge in [-0.05, 0) is 24.5 Å². The molecule has 0 aromatic heterocycles. The average molecular weight is 258 g/mol. The number of hydrogen-bond acceptors (Lipinski definition) is 3. The van der Waals surface area contributed by atoms with Gasteiger partial charge < -0.3 is 14.7 Å². The van der Waals surface area contributed by atoms with Crippen molar-refractivity contribution in [2.45, 2.75) is 39.0 Å². The quantitative estimate of drug-likeness (QED) is 0.583. The molecular weight excluding hydrogens is 241 g/mol. The van der Waals surface area contributed by atoms with Crippen LogP contribution >= 0.6 is 0 Å². The Bertz CT molecular complexity index is 386. The fourth-order valence-corrected chi connectivity index (χ4v) is 1.71. The Morgan fingerprint density at radius 1 is 1.11 bits per heavy atom. The Balaban J connectivity index is 2.68. The molecular formula is C12H17BF2O3. The second-order valence-electron chi connectivity index (χ2n) is 4.11. The van der Waals surface area contributed by atoms with E-state index in [0.717, 1.165) is 25.7 Å². The zero-order chi connectivity index (χ0) is 13.5. The molecule has 100 valence electrons. The van der Waals surface area contributed by atoms with Crippen LogP contribution in [0.4, 0.5) is 8.78 Å². The van der Waals surface area contributed by atoms with Crippen LogP contribution in [0.5, 0.6) is 5.75 Å². The molecule has 0 spiro atoms. The largest absolute Gasteiger partial charge is 0.707 e. The molecule has 0 aliphatic rings. The third-order valence-corrected chi connectivity index (χ3v) is 2.66. The van der Waals surface area contributed by atoms with E-state index in [0.29, 0.717) is 6.42 Å². The minimum Gasteiger partial charge on any atom is -0.509 e. The van der Waals surface area contributed by atoms with Crippen molar-refractivity contribution in [3.8, 4) is 5.75 Å².